The normalized spacial score (nSPS) is 29.0. The van der Waals surface area contributed by atoms with Gasteiger partial charge in [-0.3, -0.25) is 33.6 Å². The number of carbonyl (C=O) groups is 7. The second-order valence-corrected chi connectivity index (χ2v) is 12.1. The molecule has 17 nitrogen and oxygen atoms in total. The van der Waals surface area contributed by atoms with Crippen LogP contribution >= 0.6 is 0 Å². The zero-order valence-electron chi connectivity index (χ0n) is 27.6. The van der Waals surface area contributed by atoms with Gasteiger partial charge in [0.25, 0.3) is 5.91 Å². The fraction of sp³-hybridized carbons (Fsp3) is 0.594. The molecule has 0 saturated carbocycles. The molecule has 4 heterocycles. The van der Waals surface area contributed by atoms with Crippen LogP contribution in [0.5, 0.6) is 11.5 Å². The molecule has 0 spiro atoms. The number of Topliss-reactive ketones (excluding diaryl/α,β-unsaturated/α-hetero) is 1. The fourth-order valence-corrected chi connectivity index (χ4v) is 6.50. The summed E-state index contributed by atoms with van der Waals surface area (Å²) < 4.78 is 45.1. The Bertz CT molecular complexity index is 1530. The third kappa shape index (κ3) is 8.10. The van der Waals surface area contributed by atoms with E-state index in [9.17, 15) is 33.6 Å². The van der Waals surface area contributed by atoms with Crippen LogP contribution in [-0.2, 0) is 68.5 Å². The molecule has 5 rings (SSSR count). The zero-order chi connectivity index (χ0) is 35.6. The number of esters is 4. The van der Waals surface area contributed by atoms with Crippen LogP contribution in [0.15, 0.2) is 12.1 Å². The summed E-state index contributed by atoms with van der Waals surface area (Å²) in [5.74, 6) is -4.57. The van der Waals surface area contributed by atoms with E-state index in [1.165, 1.54) is 11.8 Å². The number of benzene rings is 1. The van der Waals surface area contributed by atoms with Gasteiger partial charge >= 0.3 is 23.9 Å². The average Bonchev–Trinajstić information content (AvgIpc) is 3.39. The highest BCUT2D eigenvalue weighted by Gasteiger charge is 2.53. The molecule has 2 bridgehead atoms. The molecule has 2 fully saturated rings. The Kier molecular flexibility index (Phi) is 10.7. The Morgan fingerprint density at radius 1 is 0.878 bits per heavy atom. The van der Waals surface area contributed by atoms with E-state index in [-0.39, 0.29) is 32.1 Å². The number of fused-ring (bicyclic) bond motifs is 6. The van der Waals surface area contributed by atoms with E-state index in [1.54, 1.807) is 12.1 Å². The first kappa shape index (κ1) is 35.5. The largest absolute Gasteiger partial charge is 0.463 e. The van der Waals surface area contributed by atoms with Crippen LogP contribution in [0.2, 0.25) is 0 Å². The first-order chi connectivity index (χ1) is 23.2. The summed E-state index contributed by atoms with van der Waals surface area (Å²) in [4.78, 5) is 90.8. The summed E-state index contributed by atoms with van der Waals surface area (Å²) in [6.45, 7) is 5.31. The van der Waals surface area contributed by atoms with Gasteiger partial charge in [0.1, 0.15) is 30.6 Å². The van der Waals surface area contributed by atoms with Gasteiger partial charge in [0.2, 0.25) is 18.8 Å². The van der Waals surface area contributed by atoms with Crippen LogP contribution in [-0.4, -0.2) is 109 Å². The van der Waals surface area contributed by atoms with Gasteiger partial charge in [0.05, 0.1) is 0 Å². The van der Waals surface area contributed by atoms with Crippen molar-refractivity contribution in [3.05, 3.63) is 23.3 Å². The summed E-state index contributed by atoms with van der Waals surface area (Å²) in [6, 6.07) is 2.06. The number of ketones is 1. The van der Waals surface area contributed by atoms with Crippen molar-refractivity contribution in [2.24, 2.45) is 0 Å². The molecular weight excluding hydrogens is 652 g/mol. The van der Waals surface area contributed by atoms with Crippen molar-refractivity contribution in [2.75, 3.05) is 19.9 Å². The molecule has 0 radical (unpaired) electrons. The van der Waals surface area contributed by atoms with Crippen LogP contribution in [0.25, 0.3) is 0 Å². The topological polar surface area (TPSA) is 209 Å². The fourth-order valence-electron chi connectivity index (χ4n) is 6.50. The molecule has 2 saturated heterocycles. The smallest absolute Gasteiger partial charge is 0.303 e. The van der Waals surface area contributed by atoms with E-state index < -0.39 is 97.5 Å². The zero-order valence-corrected chi connectivity index (χ0v) is 27.6. The van der Waals surface area contributed by atoms with Crippen molar-refractivity contribution in [3.63, 3.8) is 0 Å². The SMILES string of the molecule is CC(=O)N[C@H]1[C@H](O[C@@H]2CC(=O)[C@H]3CCN(Cc4cc5c(cc43)OCO5)C(=O)[C@H]2OC(C)=O)O[C@H](COC(C)=O)[C@@H](OC(C)=O)[C@@H]1OC(C)=O. The van der Waals surface area contributed by atoms with Crippen LogP contribution in [0.3, 0.4) is 0 Å². The van der Waals surface area contributed by atoms with Crippen LogP contribution in [0.1, 0.15) is 64.5 Å². The van der Waals surface area contributed by atoms with E-state index in [0.717, 1.165) is 27.7 Å². The lowest BCUT2D eigenvalue weighted by molar-refractivity contribution is -0.293. The van der Waals surface area contributed by atoms with Crippen LogP contribution in [0.4, 0.5) is 0 Å². The molecule has 1 aromatic carbocycles. The molecule has 2 amide bonds. The minimum absolute atomic E-state index is 0.00583. The van der Waals surface area contributed by atoms with Gasteiger partial charge < -0.3 is 48.1 Å². The predicted octanol–water partition coefficient (Wildman–Crippen LogP) is 0.177. The van der Waals surface area contributed by atoms with Crippen molar-refractivity contribution in [1.29, 1.82) is 0 Å². The van der Waals surface area contributed by atoms with E-state index in [2.05, 4.69) is 5.32 Å². The number of carbonyl (C=O) groups excluding carboxylic acids is 7. The Labute approximate surface area is 280 Å². The first-order valence-electron chi connectivity index (χ1n) is 15.7. The standard InChI is InChI=1S/C32H38N2O15/c1-14(35)33-27-30(47-18(5)39)28(45-16(3)37)26(12-42-15(2)36)49-32(27)48-25-10-22(40)20-6-7-34(31(41)29(25)46-17(4)38)11-19-8-23-24(9-21(19)20)44-13-43-23/h8-9,20,25-30,32H,6-7,10-13H2,1-5H3,(H,33,35)/t20-,25+,26+,27+,28+,29-,30+,32+/m0/s1. The highest BCUT2D eigenvalue weighted by molar-refractivity contribution is 5.91. The summed E-state index contributed by atoms with van der Waals surface area (Å²) in [5, 5.41) is 2.58. The first-order valence-corrected chi connectivity index (χ1v) is 15.7. The van der Waals surface area contributed by atoms with E-state index >= 15 is 0 Å². The van der Waals surface area contributed by atoms with Crippen molar-refractivity contribution in [2.45, 2.75) is 103 Å². The molecule has 1 N–H and O–H groups in total. The Morgan fingerprint density at radius 2 is 1.53 bits per heavy atom. The lowest BCUT2D eigenvalue weighted by Gasteiger charge is -2.46. The van der Waals surface area contributed by atoms with Gasteiger partial charge in [-0.1, -0.05) is 0 Å². The maximum atomic E-state index is 14.2. The molecule has 8 atom stereocenters. The third-order valence-electron chi connectivity index (χ3n) is 8.42. The van der Waals surface area contributed by atoms with E-state index in [0.29, 0.717) is 22.6 Å². The maximum absolute atomic E-state index is 14.2. The number of amides is 2. The Hall–Kier alpha value is -4.77. The number of nitrogens with one attached hydrogen (secondary N) is 1. The summed E-state index contributed by atoms with van der Waals surface area (Å²) in [7, 11) is 0. The molecule has 4 aliphatic rings. The molecule has 4 aliphatic heterocycles. The molecular formula is C32H38N2O15. The van der Waals surface area contributed by atoms with E-state index in [1.807, 2.05) is 0 Å². The van der Waals surface area contributed by atoms with Crippen LogP contribution < -0.4 is 14.8 Å². The second-order valence-electron chi connectivity index (χ2n) is 12.1. The minimum atomic E-state index is -1.65. The summed E-state index contributed by atoms with van der Waals surface area (Å²) in [5.41, 5.74) is 1.32. The lowest BCUT2D eigenvalue weighted by atomic mass is 9.86. The van der Waals surface area contributed by atoms with Crippen molar-refractivity contribution >= 4 is 41.5 Å². The van der Waals surface area contributed by atoms with Gasteiger partial charge in [0, 0.05) is 60.0 Å². The molecule has 1 aromatic rings. The number of ether oxygens (including phenoxy) is 8. The molecule has 49 heavy (non-hydrogen) atoms. The summed E-state index contributed by atoms with van der Waals surface area (Å²) >= 11 is 0. The van der Waals surface area contributed by atoms with Crippen molar-refractivity contribution in [1.82, 2.24) is 10.2 Å². The maximum Gasteiger partial charge on any atom is 0.303 e. The summed E-state index contributed by atoms with van der Waals surface area (Å²) in [6.07, 6.45) is -9.14. The van der Waals surface area contributed by atoms with Crippen LogP contribution in [0, 0.1) is 0 Å². The molecule has 266 valence electrons. The Morgan fingerprint density at radius 3 is 2.16 bits per heavy atom. The van der Waals surface area contributed by atoms with Gasteiger partial charge in [0.15, 0.2) is 30.0 Å². The minimum Gasteiger partial charge on any atom is -0.463 e. The van der Waals surface area contributed by atoms with Crippen molar-refractivity contribution in [3.8, 4) is 11.5 Å². The number of hydrogen-bond acceptors (Lipinski definition) is 15. The molecule has 17 heteroatoms. The van der Waals surface area contributed by atoms with Gasteiger partial charge in [-0.2, -0.15) is 0 Å². The van der Waals surface area contributed by atoms with Gasteiger partial charge in [-0.05, 0) is 29.7 Å². The van der Waals surface area contributed by atoms with Gasteiger partial charge in [-0.15, -0.1) is 0 Å². The number of nitrogens with zero attached hydrogens (tertiary/aromatic N) is 1. The average molecular weight is 691 g/mol. The van der Waals surface area contributed by atoms with Gasteiger partial charge in [-0.25, -0.2) is 0 Å². The third-order valence-corrected chi connectivity index (χ3v) is 8.42. The quantitative estimate of drug-likeness (QED) is 0.285. The highest BCUT2D eigenvalue weighted by Crippen LogP contribution is 2.42. The number of hydrogen-bond donors (Lipinski definition) is 1. The number of rotatable bonds is 8. The predicted molar refractivity (Wildman–Crippen MR) is 159 cm³/mol. The highest BCUT2D eigenvalue weighted by atomic mass is 16.7. The monoisotopic (exact) mass is 690 g/mol. The molecule has 0 unspecified atom stereocenters. The molecule has 0 aliphatic carbocycles. The van der Waals surface area contributed by atoms with E-state index in [4.69, 9.17) is 37.9 Å². The molecule has 0 aromatic heterocycles. The second kappa shape index (κ2) is 14.8. The van der Waals surface area contributed by atoms with Crippen molar-refractivity contribution < 1.29 is 71.5 Å². The lowest BCUT2D eigenvalue weighted by Crippen LogP contribution is -2.67. The Balaban J connectivity index is 1.55.